The lowest BCUT2D eigenvalue weighted by Crippen LogP contribution is -2.31. The van der Waals surface area contributed by atoms with E-state index >= 15 is 0 Å². The number of carbonyl (C=O) groups excluding carboxylic acids is 2. The minimum Gasteiger partial charge on any atom is -0.495 e. The SMILES string of the molecule is COc1ccccc1N1C(=O)C(SCc2ccccc2)=C(c2ccc([N+](=O)[O-])cc2)C1=O. The molecule has 1 aliphatic rings. The van der Waals surface area contributed by atoms with E-state index in [1.54, 1.807) is 24.3 Å². The quantitative estimate of drug-likeness (QED) is 0.294. The molecule has 2 amide bonds. The minimum atomic E-state index is -0.508. The van der Waals surface area contributed by atoms with E-state index in [1.165, 1.54) is 43.1 Å². The molecule has 0 spiro atoms. The second-order valence-corrected chi connectivity index (χ2v) is 7.89. The molecule has 0 aromatic heterocycles. The predicted octanol–water partition coefficient (Wildman–Crippen LogP) is 4.82. The molecule has 0 atom stereocenters. The summed E-state index contributed by atoms with van der Waals surface area (Å²) in [5.74, 6) is -0.0601. The second kappa shape index (κ2) is 9.07. The smallest absolute Gasteiger partial charge is 0.272 e. The Morgan fingerprint density at radius 3 is 2.22 bits per heavy atom. The van der Waals surface area contributed by atoms with Gasteiger partial charge < -0.3 is 4.74 Å². The first kappa shape index (κ1) is 21.3. The average Bonchev–Trinajstić information content (AvgIpc) is 3.07. The van der Waals surface area contributed by atoms with Crippen LogP contribution in [0.25, 0.3) is 5.57 Å². The lowest BCUT2D eigenvalue weighted by molar-refractivity contribution is -0.384. The molecule has 0 saturated carbocycles. The Bertz CT molecular complexity index is 1220. The van der Waals surface area contributed by atoms with Crippen molar-refractivity contribution in [3.05, 3.63) is 105 Å². The highest BCUT2D eigenvalue weighted by Crippen LogP contribution is 2.42. The Morgan fingerprint density at radius 1 is 0.906 bits per heavy atom. The highest BCUT2D eigenvalue weighted by Gasteiger charge is 2.41. The molecule has 0 saturated heterocycles. The second-order valence-electron chi connectivity index (χ2n) is 6.90. The standard InChI is InChI=1S/C24H18N2O5S/c1-31-20-10-6-5-9-19(20)25-23(27)21(17-11-13-18(14-12-17)26(29)30)22(24(25)28)32-15-16-7-3-2-4-8-16/h2-14H,15H2,1H3. The molecule has 0 aliphatic carbocycles. The number of non-ortho nitro benzene ring substituents is 1. The van der Waals surface area contributed by atoms with Gasteiger partial charge in [0.1, 0.15) is 5.75 Å². The summed E-state index contributed by atoms with van der Waals surface area (Å²) in [6.45, 7) is 0. The van der Waals surface area contributed by atoms with Crippen molar-refractivity contribution in [3.63, 3.8) is 0 Å². The fourth-order valence-electron chi connectivity index (χ4n) is 3.41. The van der Waals surface area contributed by atoms with Gasteiger partial charge in [-0.1, -0.05) is 42.5 Å². The number of carbonyl (C=O) groups is 2. The summed E-state index contributed by atoms with van der Waals surface area (Å²) in [7, 11) is 1.47. The number of hydrogen-bond donors (Lipinski definition) is 0. The number of rotatable bonds is 7. The van der Waals surface area contributed by atoms with Crippen LogP contribution in [0.5, 0.6) is 5.75 Å². The van der Waals surface area contributed by atoms with E-state index in [2.05, 4.69) is 0 Å². The number of anilines is 1. The number of methoxy groups -OCH3 is 1. The van der Waals surface area contributed by atoms with Crippen LogP contribution >= 0.6 is 11.8 Å². The number of imide groups is 1. The Labute approximate surface area is 188 Å². The number of benzene rings is 3. The van der Waals surface area contributed by atoms with Crippen molar-refractivity contribution >= 4 is 40.5 Å². The number of amides is 2. The molecule has 4 rings (SSSR count). The van der Waals surface area contributed by atoms with Gasteiger partial charge in [0.15, 0.2) is 0 Å². The van der Waals surface area contributed by atoms with Crippen LogP contribution in [0.15, 0.2) is 83.8 Å². The maximum atomic E-state index is 13.5. The summed E-state index contributed by atoms with van der Waals surface area (Å²) < 4.78 is 5.36. The molecule has 0 bridgehead atoms. The molecule has 8 heteroatoms. The van der Waals surface area contributed by atoms with Crippen LogP contribution in [0.1, 0.15) is 11.1 Å². The first-order valence-corrected chi connectivity index (χ1v) is 10.7. The zero-order valence-electron chi connectivity index (χ0n) is 17.1. The monoisotopic (exact) mass is 446 g/mol. The van der Waals surface area contributed by atoms with Gasteiger partial charge in [-0.2, -0.15) is 0 Å². The molecular formula is C24H18N2O5S. The van der Waals surface area contributed by atoms with Crippen molar-refractivity contribution in [2.24, 2.45) is 0 Å². The van der Waals surface area contributed by atoms with E-state index in [-0.39, 0.29) is 11.3 Å². The summed E-state index contributed by atoms with van der Waals surface area (Å²) >= 11 is 1.27. The van der Waals surface area contributed by atoms with Gasteiger partial charge in [-0.05, 0) is 35.4 Å². The summed E-state index contributed by atoms with van der Waals surface area (Å²) in [6, 6.07) is 22.0. The number of para-hydroxylation sites is 2. The van der Waals surface area contributed by atoms with Gasteiger partial charge in [-0.25, -0.2) is 4.90 Å². The van der Waals surface area contributed by atoms with Gasteiger partial charge in [-0.3, -0.25) is 19.7 Å². The molecule has 1 heterocycles. The van der Waals surface area contributed by atoms with Crippen molar-refractivity contribution in [2.75, 3.05) is 12.0 Å². The van der Waals surface area contributed by atoms with Crippen LogP contribution < -0.4 is 9.64 Å². The van der Waals surface area contributed by atoms with Gasteiger partial charge >= 0.3 is 0 Å². The average molecular weight is 446 g/mol. The predicted molar refractivity (Wildman–Crippen MR) is 123 cm³/mol. The van der Waals surface area contributed by atoms with Crippen molar-refractivity contribution in [1.29, 1.82) is 0 Å². The topological polar surface area (TPSA) is 89.8 Å². The van der Waals surface area contributed by atoms with Crippen molar-refractivity contribution in [1.82, 2.24) is 0 Å². The van der Waals surface area contributed by atoms with Crippen LogP contribution in [0.2, 0.25) is 0 Å². The third-order valence-corrected chi connectivity index (χ3v) is 6.11. The van der Waals surface area contributed by atoms with E-state index in [0.717, 1.165) is 10.5 Å². The largest absolute Gasteiger partial charge is 0.495 e. The van der Waals surface area contributed by atoms with E-state index < -0.39 is 16.7 Å². The molecule has 0 N–H and O–H groups in total. The molecule has 3 aromatic carbocycles. The highest BCUT2D eigenvalue weighted by molar-refractivity contribution is 8.03. The van der Waals surface area contributed by atoms with Gasteiger partial charge in [-0.15, -0.1) is 11.8 Å². The highest BCUT2D eigenvalue weighted by atomic mass is 32.2. The number of nitro groups is 1. The molecular weight excluding hydrogens is 428 g/mol. The van der Waals surface area contributed by atoms with Gasteiger partial charge in [0.2, 0.25) is 0 Å². The molecule has 0 fully saturated rings. The molecule has 160 valence electrons. The molecule has 0 radical (unpaired) electrons. The van der Waals surface area contributed by atoms with Crippen LogP contribution in [0, 0.1) is 10.1 Å². The molecule has 7 nitrogen and oxygen atoms in total. The maximum Gasteiger partial charge on any atom is 0.272 e. The summed E-state index contributed by atoms with van der Waals surface area (Å²) in [6.07, 6.45) is 0. The third kappa shape index (κ3) is 4.00. The van der Waals surface area contributed by atoms with Crippen LogP contribution in [-0.4, -0.2) is 23.8 Å². The maximum absolute atomic E-state index is 13.5. The molecule has 1 aliphatic heterocycles. The molecule has 3 aromatic rings. The fourth-order valence-corrected chi connectivity index (χ4v) is 4.48. The zero-order chi connectivity index (χ0) is 22.7. The molecule has 32 heavy (non-hydrogen) atoms. The van der Waals surface area contributed by atoms with Crippen molar-refractivity contribution < 1.29 is 19.2 Å². The molecule has 0 unspecified atom stereocenters. The number of nitro benzene ring substituents is 1. The Balaban J connectivity index is 1.77. The summed E-state index contributed by atoms with van der Waals surface area (Å²) in [5.41, 5.74) is 1.92. The first-order valence-electron chi connectivity index (χ1n) is 9.69. The Hall–Kier alpha value is -3.91. The van der Waals surface area contributed by atoms with Gasteiger partial charge in [0.25, 0.3) is 17.5 Å². The minimum absolute atomic E-state index is 0.0915. The van der Waals surface area contributed by atoms with Gasteiger partial charge in [0, 0.05) is 17.9 Å². The van der Waals surface area contributed by atoms with Crippen LogP contribution in [0.3, 0.4) is 0 Å². The fraction of sp³-hybridized carbons (Fsp3) is 0.0833. The van der Waals surface area contributed by atoms with E-state index in [1.807, 2.05) is 30.3 Å². The Kier molecular flexibility index (Phi) is 6.04. The van der Waals surface area contributed by atoms with E-state index in [0.29, 0.717) is 27.7 Å². The van der Waals surface area contributed by atoms with Crippen LogP contribution in [-0.2, 0) is 15.3 Å². The number of ether oxygens (including phenoxy) is 1. The zero-order valence-corrected chi connectivity index (χ0v) is 17.9. The van der Waals surface area contributed by atoms with Crippen LogP contribution in [0.4, 0.5) is 11.4 Å². The first-order chi connectivity index (χ1) is 15.5. The van der Waals surface area contributed by atoms with Crippen molar-refractivity contribution in [3.8, 4) is 5.75 Å². The van der Waals surface area contributed by atoms with E-state index in [4.69, 9.17) is 4.74 Å². The number of nitrogens with zero attached hydrogens (tertiary/aromatic N) is 2. The number of hydrogen-bond acceptors (Lipinski definition) is 6. The summed E-state index contributed by atoms with van der Waals surface area (Å²) in [4.78, 5) is 38.8. The van der Waals surface area contributed by atoms with E-state index in [9.17, 15) is 19.7 Å². The third-order valence-electron chi connectivity index (χ3n) is 4.96. The Morgan fingerprint density at radius 2 is 1.56 bits per heavy atom. The lowest BCUT2D eigenvalue weighted by Gasteiger charge is -2.18. The lowest BCUT2D eigenvalue weighted by atomic mass is 10.1. The summed E-state index contributed by atoms with van der Waals surface area (Å²) in [5, 5.41) is 11.0. The number of thioether (sulfide) groups is 1. The van der Waals surface area contributed by atoms with Gasteiger partial charge in [0.05, 0.1) is 28.2 Å². The van der Waals surface area contributed by atoms with Crippen molar-refractivity contribution in [2.45, 2.75) is 5.75 Å². The normalized spacial score (nSPS) is 13.6.